The Labute approximate surface area is 109 Å². The van der Waals surface area contributed by atoms with Gasteiger partial charge in [-0.25, -0.2) is 13.2 Å². The highest BCUT2D eigenvalue weighted by Gasteiger charge is 2.57. The topological polar surface area (TPSA) is 17.1 Å². The van der Waals surface area contributed by atoms with Crippen molar-refractivity contribution < 1.29 is 35.5 Å². The number of alkyl halides is 7. The van der Waals surface area contributed by atoms with Gasteiger partial charge in [-0.15, -0.1) is 0 Å². The van der Waals surface area contributed by atoms with E-state index in [0.29, 0.717) is 11.8 Å². The van der Waals surface area contributed by atoms with E-state index in [4.69, 9.17) is 0 Å². The summed E-state index contributed by atoms with van der Waals surface area (Å²) in [4.78, 5) is 10.8. The molecule has 0 aliphatic carbocycles. The molecule has 0 aromatic rings. The quantitative estimate of drug-likeness (QED) is 0.621. The van der Waals surface area contributed by atoms with Crippen LogP contribution in [0.15, 0.2) is 0 Å². The summed E-state index contributed by atoms with van der Waals surface area (Å²) in [6, 6.07) is 0. The van der Waals surface area contributed by atoms with Crippen LogP contribution in [-0.2, 0) is 4.79 Å². The van der Waals surface area contributed by atoms with Crippen molar-refractivity contribution in [1.82, 2.24) is 0 Å². The zero-order chi connectivity index (χ0) is 15.3. The Hall–Kier alpha value is -0.470. The van der Waals surface area contributed by atoms with Crippen LogP contribution in [0.1, 0.15) is 26.2 Å². The van der Waals surface area contributed by atoms with E-state index in [2.05, 4.69) is 0 Å². The highest BCUT2D eigenvalue weighted by Crippen LogP contribution is 2.42. The molecule has 0 heterocycles. The van der Waals surface area contributed by atoms with Gasteiger partial charge in [0.25, 0.3) is 6.43 Å². The minimum atomic E-state index is -4.88. The summed E-state index contributed by atoms with van der Waals surface area (Å²) in [5.74, 6) is -10.1. The van der Waals surface area contributed by atoms with Gasteiger partial charge in [-0.3, -0.25) is 4.79 Å². The maximum atomic E-state index is 13.1. The van der Waals surface area contributed by atoms with Crippen LogP contribution in [0.25, 0.3) is 0 Å². The van der Waals surface area contributed by atoms with Crippen LogP contribution < -0.4 is 0 Å². The van der Waals surface area contributed by atoms with Gasteiger partial charge in [-0.2, -0.15) is 17.6 Å². The Kier molecular flexibility index (Phi) is 7.17. The second kappa shape index (κ2) is 7.35. The molecule has 114 valence electrons. The fourth-order valence-electron chi connectivity index (χ4n) is 1.06. The molecule has 0 rings (SSSR count). The van der Waals surface area contributed by atoms with Crippen molar-refractivity contribution in [3.05, 3.63) is 0 Å². The highest BCUT2D eigenvalue weighted by atomic mass is 32.2. The van der Waals surface area contributed by atoms with E-state index in [9.17, 15) is 35.5 Å². The first-order chi connectivity index (χ1) is 8.53. The van der Waals surface area contributed by atoms with Gasteiger partial charge in [0.2, 0.25) is 0 Å². The molecule has 0 aliphatic rings. The van der Waals surface area contributed by atoms with Crippen LogP contribution in [0.3, 0.4) is 0 Å². The molecule has 9 heteroatoms. The van der Waals surface area contributed by atoms with E-state index in [1.165, 1.54) is 6.92 Å². The molecule has 0 N–H and O–H groups in total. The number of thioether (sulfide) groups is 1. The minimum Gasteiger partial charge on any atom is -0.287 e. The van der Waals surface area contributed by atoms with Crippen molar-refractivity contribution >= 4 is 16.9 Å². The van der Waals surface area contributed by atoms with Gasteiger partial charge in [0.1, 0.15) is 0 Å². The van der Waals surface area contributed by atoms with Gasteiger partial charge in [0.05, 0.1) is 6.42 Å². The van der Waals surface area contributed by atoms with E-state index in [1.54, 1.807) is 0 Å². The predicted octanol–water partition coefficient (Wildman–Crippen LogP) is 4.31. The standard InChI is InChI=1S/C10H13F7OS/c1-2-7(18)19-4-3-9(14,15)10(16,17)5-6(11)8(12)13/h6,8H,2-5H2,1H3. The summed E-state index contributed by atoms with van der Waals surface area (Å²) in [6.07, 6.45) is -10.6. The number of hydrogen-bond acceptors (Lipinski definition) is 2. The molecule has 1 nitrogen and oxygen atoms in total. The Balaban J connectivity index is 4.46. The lowest BCUT2D eigenvalue weighted by Crippen LogP contribution is -2.43. The van der Waals surface area contributed by atoms with E-state index in [0.717, 1.165) is 0 Å². The van der Waals surface area contributed by atoms with Crippen LogP contribution in [0.4, 0.5) is 30.7 Å². The highest BCUT2D eigenvalue weighted by molar-refractivity contribution is 8.13. The molecule has 0 saturated carbocycles. The Morgan fingerprint density at radius 1 is 1.11 bits per heavy atom. The average molecular weight is 314 g/mol. The Morgan fingerprint density at radius 3 is 2.05 bits per heavy atom. The summed E-state index contributed by atoms with van der Waals surface area (Å²) in [5.41, 5.74) is 0. The number of hydrogen-bond donors (Lipinski definition) is 0. The van der Waals surface area contributed by atoms with Gasteiger partial charge in [-0.05, 0) is 0 Å². The molecule has 0 fully saturated rings. The molecule has 1 unspecified atom stereocenters. The fraction of sp³-hybridized carbons (Fsp3) is 0.900. The predicted molar refractivity (Wildman–Crippen MR) is 57.8 cm³/mol. The molecular formula is C10H13F7OS. The molecular weight excluding hydrogens is 301 g/mol. The number of carbonyl (C=O) groups excluding carboxylic acids is 1. The van der Waals surface area contributed by atoms with Gasteiger partial charge in [-0.1, -0.05) is 18.7 Å². The number of rotatable bonds is 8. The maximum absolute atomic E-state index is 13.1. The van der Waals surface area contributed by atoms with Gasteiger partial charge in [0, 0.05) is 18.6 Å². The van der Waals surface area contributed by atoms with E-state index in [1.807, 2.05) is 0 Å². The molecule has 0 amide bonds. The summed E-state index contributed by atoms with van der Waals surface area (Å²) in [6.45, 7) is 1.47. The molecule has 1 atom stereocenters. The van der Waals surface area contributed by atoms with Crippen molar-refractivity contribution in [2.24, 2.45) is 0 Å². The third kappa shape index (κ3) is 6.01. The summed E-state index contributed by atoms with van der Waals surface area (Å²) in [5, 5.41) is -0.449. The van der Waals surface area contributed by atoms with Crippen molar-refractivity contribution in [2.45, 2.75) is 50.6 Å². The lowest BCUT2D eigenvalue weighted by atomic mass is 10.0. The molecule has 0 saturated heterocycles. The Morgan fingerprint density at radius 2 is 1.63 bits per heavy atom. The normalized spacial score (nSPS) is 14.8. The molecule has 0 spiro atoms. The van der Waals surface area contributed by atoms with E-state index >= 15 is 0 Å². The minimum absolute atomic E-state index is 0.0601. The third-order valence-corrected chi connectivity index (χ3v) is 3.25. The zero-order valence-electron chi connectivity index (χ0n) is 9.95. The maximum Gasteiger partial charge on any atom is 0.313 e. The van der Waals surface area contributed by atoms with Crippen LogP contribution in [0, 0.1) is 0 Å². The SMILES string of the molecule is CCC(=O)SCCC(F)(F)C(F)(F)CC(F)C(F)F. The van der Waals surface area contributed by atoms with Crippen molar-refractivity contribution in [1.29, 1.82) is 0 Å². The first-order valence-corrected chi connectivity index (χ1v) is 6.35. The largest absolute Gasteiger partial charge is 0.313 e. The first kappa shape index (κ1) is 18.5. The van der Waals surface area contributed by atoms with Crippen molar-refractivity contribution in [2.75, 3.05) is 5.75 Å². The van der Waals surface area contributed by atoms with Crippen LogP contribution in [-0.4, -0.2) is 35.3 Å². The van der Waals surface area contributed by atoms with E-state index in [-0.39, 0.29) is 6.42 Å². The molecule has 0 bridgehead atoms. The summed E-state index contributed by atoms with van der Waals surface area (Å²) >= 11 is 0.450. The lowest BCUT2D eigenvalue weighted by Gasteiger charge is -2.27. The van der Waals surface area contributed by atoms with Gasteiger partial charge in [0.15, 0.2) is 11.3 Å². The van der Waals surface area contributed by atoms with E-state index < -0.39 is 48.2 Å². The lowest BCUT2D eigenvalue weighted by molar-refractivity contribution is -0.223. The molecule has 0 aromatic carbocycles. The van der Waals surface area contributed by atoms with Crippen LogP contribution >= 0.6 is 11.8 Å². The van der Waals surface area contributed by atoms with Crippen molar-refractivity contribution in [3.63, 3.8) is 0 Å². The summed E-state index contributed by atoms with van der Waals surface area (Å²) < 4.78 is 88.1. The fourth-order valence-corrected chi connectivity index (χ4v) is 1.85. The van der Waals surface area contributed by atoms with Gasteiger partial charge < -0.3 is 0 Å². The first-order valence-electron chi connectivity index (χ1n) is 5.37. The van der Waals surface area contributed by atoms with Crippen LogP contribution in [0.5, 0.6) is 0 Å². The second-order valence-electron chi connectivity index (χ2n) is 3.79. The monoisotopic (exact) mass is 314 g/mol. The van der Waals surface area contributed by atoms with Gasteiger partial charge >= 0.3 is 11.8 Å². The molecule has 19 heavy (non-hydrogen) atoms. The summed E-state index contributed by atoms with van der Waals surface area (Å²) in [7, 11) is 0. The average Bonchev–Trinajstić information content (AvgIpc) is 2.27. The zero-order valence-corrected chi connectivity index (χ0v) is 10.8. The van der Waals surface area contributed by atoms with Crippen LogP contribution in [0.2, 0.25) is 0 Å². The third-order valence-electron chi connectivity index (χ3n) is 2.23. The second-order valence-corrected chi connectivity index (χ2v) is 4.94. The molecule has 0 aromatic heterocycles. The molecule has 0 aliphatic heterocycles. The smallest absolute Gasteiger partial charge is 0.287 e. The number of halogens is 7. The molecule has 0 radical (unpaired) electrons. The number of carbonyl (C=O) groups is 1. The Bertz CT molecular complexity index is 296. The van der Waals surface area contributed by atoms with Crippen molar-refractivity contribution in [3.8, 4) is 0 Å².